The normalized spacial score (nSPS) is 33.9. The molecule has 102 valence electrons. The summed E-state index contributed by atoms with van der Waals surface area (Å²) in [5.74, 6) is 1.85. The van der Waals surface area contributed by atoms with Gasteiger partial charge in [0.25, 0.3) is 0 Å². The minimum Gasteiger partial charge on any atom is -0.394 e. The molecule has 1 aromatic heterocycles. The number of ether oxygens (including phenoxy) is 1. The van der Waals surface area contributed by atoms with Gasteiger partial charge in [0, 0.05) is 6.20 Å². The van der Waals surface area contributed by atoms with Crippen molar-refractivity contribution in [1.29, 1.82) is 0 Å². The van der Waals surface area contributed by atoms with Gasteiger partial charge in [-0.1, -0.05) is 5.92 Å². The Labute approximate surface area is 107 Å². The van der Waals surface area contributed by atoms with Crippen molar-refractivity contribution < 1.29 is 19.3 Å². The zero-order valence-electron chi connectivity index (χ0n) is 9.71. The van der Waals surface area contributed by atoms with Crippen molar-refractivity contribution in [1.82, 2.24) is 9.97 Å². The van der Waals surface area contributed by atoms with Crippen LogP contribution in [0.5, 0.6) is 0 Å². The maximum atomic E-state index is 14.4. The van der Waals surface area contributed by atoms with Gasteiger partial charge in [-0.15, -0.1) is 6.42 Å². The topological polar surface area (TPSA) is 107 Å². The smallest absolute Gasteiger partial charge is 0.346 e. The van der Waals surface area contributed by atoms with Crippen LogP contribution in [-0.4, -0.2) is 50.9 Å². The zero-order valence-corrected chi connectivity index (χ0v) is 9.71. The number of rotatable bonds is 3. The highest BCUT2D eigenvalue weighted by atomic mass is 19.1. The van der Waals surface area contributed by atoms with Crippen LogP contribution in [0, 0.1) is 12.3 Å². The summed E-state index contributed by atoms with van der Waals surface area (Å²) in [4.78, 5) is 16.8. The van der Waals surface area contributed by atoms with E-state index in [1.807, 2.05) is 5.92 Å². The summed E-state index contributed by atoms with van der Waals surface area (Å²) in [7, 11) is 0. The van der Waals surface area contributed by atoms with Crippen molar-refractivity contribution in [2.45, 2.75) is 24.1 Å². The number of nitrogens with one attached hydrogen (secondary N) is 2. The van der Waals surface area contributed by atoms with E-state index in [0.717, 1.165) is 0 Å². The van der Waals surface area contributed by atoms with Crippen LogP contribution in [0.3, 0.4) is 0 Å². The molecule has 19 heavy (non-hydrogen) atoms. The first-order valence-corrected chi connectivity index (χ1v) is 5.44. The number of H-pyrrole nitrogens is 1. The molecule has 0 radical (unpaired) electrons. The van der Waals surface area contributed by atoms with Crippen LogP contribution in [0.2, 0.25) is 0 Å². The fourth-order valence-electron chi connectivity index (χ4n) is 1.80. The molecule has 2 heterocycles. The first kappa shape index (κ1) is 13.5. The molecule has 1 fully saturated rings. The van der Waals surface area contributed by atoms with Crippen molar-refractivity contribution in [2.24, 2.45) is 0 Å². The maximum absolute atomic E-state index is 14.4. The minimum absolute atomic E-state index is 0.0387. The number of aliphatic hydroxyl groups is 2. The number of terminal acetylenes is 1. The van der Waals surface area contributed by atoms with Gasteiger partial charge in [-0.3, -0.25) is 0 Å². The van der Waals surface area contributed by atoms with Crippen molar-refractivity contribution in [2.75, 3.05) is 11.9 Å². The lowest BCUT2D eigenvalue weighted by Crippen LogP contribution is -2.46. The summed E-state index contributed by atoms with van der Waals surface area (Å²) < 4.78 is 19.5. The molecule has 8 heteroatoms. The SMILES string of the molecule is C#C[C@@]1(F)[C@H](O)[C@@H](CO)O[C@@H]1Nc1cc[nH]c(=O)n1. The monoisotopic (exact) mass is 269 g/mol. The Morgan fingerprint density at radius 2 is 2.47 bits per heavy atom. The first-order chi connectivity index (χ1) is 9.01. The predicted molar refractivity (Wildman–Crippen MR) is 62.9 cm³/mol. The van der Waals surface area contributed by atoms with Crippen LogP contribution in [0.1, 0.15) is 0 Å². The summed E-state index contributed by atoms with van der Waals surface area (Å²) in [6, 6.07) is 1.38. The largest absolute Gasteiger partial charge is 0.394 e. The predicted octanol–water partition coefficient (Wildman–Crippen LogP) is -1.40. The number of halogens is 1. The third-order valence-corrected chi connectivity index (χ3v) is 2.83. The van der Waals surface area contributed by atoms with Gasteiger partial charge >= 0.3 is 5.69 Å². The Kier molecular flexibility index (Phi) is 3.53. The van der Waals surface area contributed by atoms with Gasteiger partial charge in [0.15, 0.2) is 6.23 Å². The van der Waals surface area contributed by atoms with E-state index in [1.54, 1.807) is 0 Å². The summed E-state index contributed by atoms with van der Waals surface area (Å²) in [6.07, 6.45) is 2.13. The van der Waals surface area contributed by atoms with Crippen LogP contribution in [0.15, 0.2) is 17.1 Å². The number of aromatic nitrogens is 2. The highest BCUT2D eigenvalue weighted by molar-refractivity contribution is 5.37. The van der Waals surface area contributed by atoms with E-state index in [4.69, 9.17) is 16.3 Å². The Bertz CT molecular complexity index is 557. The van der Waals surface area contributed by atoms with Gasteiger partial charge in [0.2, 0.25) is 5.67 Å². The van der Waals surface area contributed by atoms with Gasteiger partial charge < -0.3 is 25.3 Å². The molecule has 0 spiro atoms. The average Bonchev–Trinajstić information content (AvgIpc) is 2.64. The fourth-order valence-corrected chi connectivity index (χ4v) is 1.80. The van der Waals surface area contributed by atoms with E-state index in [1.165, 1.54) is 12.3 Å². The van der Waals surface area contributed by atoms with Crippen molar-refractivity contribution in [3.05, 3.63) is 22.7 Å². The van der Waals surface area contributed by atoms with Gasteiger partial charge in [-0.05, 0) is 6.07 Å². The second kappa shape index (κ2) is 4.97. The van der Waals surface area contributed by atoms with Crippen LogP contribution in [0.4, 0.5) is 10.2 Å². The van der Waals surface area contributed by atoms with E-state index < -0.39 is 36.4 Å². The molecule has 4 N–H and O–H groups in total. The van der Waals surface area contributed by atoms with Gasteiger partial charge in [-0.2, -0.15) is 4.98 Å². The number of nitrogens with zero attached hydrogens (tertiary/aromatic N) is 1. The van der Waals surface area contributed by atoms with E-state index in [9.17, 15) is 14.3 Å². The molecule has 0 bridgehead atoms. The second-order valence-electron chi connectivity index (χ2n) is 4.02. The molecule has 1 saturated heterocycles. The molecule has 0 aromatic carbocycles. The number of hydrogen-bond donors (Lipinski definition) is 4. The number of hydrogen-bond acceptors (Lipinski definition) is 6. The first-order valence-electron chi connectivity index (χ1n) is 5.44. The Balaban J connectivity index is 2.24. The van der Waals surface area contributed by atoms with Gasteiger partial charge in [0.05, 0.1) is 6.61 Å². The van der Waals surface area contributed by atoms with Crippen LogP contribution >= 0.6 is 0 Å². The minimum atomic E-state index is -2.53. The number of aromatic amines is 1. The molecule has 4 atom stereocenters. The molecule has 0 amide bonds. The molecular formula is C11H12FN3O4. The Morgan fingerprint density at radius 1 is 1.74 bits per heavy atom. The number of anilines is 1. The summed E-state index contributed by atoms with van der Waals surface area (Å²) >= 11 is 0. The van der Waals surface area contributed by atoms with Gasteiger partial charge in [-0.25, -0.2) is 9.18 Å². The van der Waals surface area contributed by atoms with Crippen LogP contribution in [0.25, 0.3) is 0 Å². The highest BCUT2D eigenvalue weighted by Crippen LogP contribution is 2.34. The Morgan fingerprint density at radius 3 is 3.05 bits per heavy atom. The maximum Gasteiger partial charge on any atom is 0.346 e. The lowest BCUT2D eigenvalue weighted by molar-refractivity contribution is -0.0153. The average molecular weight is 269 g/mol. The molecule has 7 nitrogen and oxygen atoms in total. The van der Waals surface area contributed by atoms with Crippen molar-refractivity contribution in [3.8, 4) is 12.3 Å². The molecule has 0 saturated carbocycles. The summed E-state index contributed by atoms with van der Waals surface area (Å²) in [6.45, 7) is -0.588. The molecule has 1 aliphatic rings. The van der Waals surface area contributed by atoms with E-state index >= 15 is 0 Å². The fraction of sp³-hybridized carbons (Fsp3) is 0.455. The Hall–Kier alpha value is -1.95. The molecule has 1 aliphatic heterocycles. The third-order valence-electron chi connectivity index (χ3n) is 2.83. The van der Waals surface area contributed by atoms with E-state index in [0.29, 0.717) is 0 Å². The van der Waals surface area contributed by atoms with Gasteiger partial charge in [0.1, 0.15) is 18.0 Å². The number of aliphatic hydroxyl groups excluding tert-OH is 2. The summed E-state index contributed by atoms with van der Waals surface area (Å²) in [5.41, 5.74) is -3.16. The molecule has 0 unspecified atom stereocenters. The quantitative estimate of drug-likeness (QED) is 0.503. The molecule has 1 aromatic rings. The van der Waals surface area contributed by atoms with E-state index in [-0.39, 0.29) is 5.82 Å². The third kappa shape index (κ3) is 2.31. The summed E-state index contributed by atoms with van der Waals surface area (Å²) in [5, 5.41) is 21.1. The second-order valence-corrected chi connectivity index (χ2v) is 4.02. The van der Waals surface area contributed by atoms with Crippen molar-refractivity contribution in [3.63, 3.8) is 0 Å². The molecule has 2 rings (SSSR count). The van der Waals surface area contributed by atoms with Crippen molar-refractivity contribution >= 4 is 5.82 Å². The zero-order chi connectivity index (χ0) is 14.0. The van der Waals surface area contributed by atoms with Crippen LogP contribution in [-0.2, 0) is 4.74 Å². The molecule has 0 aliphatic carbocycles. The standard InChI is InChI=1S/C11H12FN3O4/c1-2-11(12)8(17)6(5-16)19-9(11)14-7-3-4-13-10(18)15-7/h1,3-4,6,8-9,16-17H,5H2,(H2,13,14,15,18)/t6-,8-,9+,11-/m1/s1. The lowest BCUT2D eigenvalue weighted by atomic mass is 9.97. The van der Waals surface area contributed by atoms with E-state index in [2.05, 4.69) is 15.3 Å². The lowest BCUT2D eigenvalue weighted by Gasteiger charge is -2.23. The molecular weight excluding hydrogens is 257 g/mol. The van der Waals surface area contributed by atoms with Crippen LogP contribution < -0.4 is 11.0 Å². The number of alkyl halides is 1. The highest BCUT2D eigenvalue weighted by Gasteiger charge is 2.56.